The molecule has 17 heavy (non-hydrogen) atoms. The molecule has 0 atom stereocenters. The Morgan fingerprint density at radius 2 is 2.12 bits per heavy atom. The lowest BCUT2D eigenvalue weighted by molar-refractivity contribution is 0.947. The van der Waals surface area contributed by atoms with Crippen LogP contribution in [0, 0.1) is 0 Å². The Bertz CT molecular complexity index is 686. The molecule has 0 spiro atoms. The van der Waals surface area contributed by atoms with E-state index in [0.29, 0.717) is 5.82 Å². The molecule has 0 radical (unpaired) electrons. The van der Waals surface area contributed by atoms with Gasteiger partial charge in [-0.2, -0.15) is 0 Å². The minimum absolute atomic E-state index is 0.468. The van der Waals surface area contributed by atoms with Crippen LogP contribution in [0.1, 0.15) is 0 Å². The van der Waals surface area contributed by atoms with Gasteiger partial charge in [-0.05, 0) is 18.2 Å². The molecule has 0 saturated carbocycles. The lowest BCUT2D eigenvalue weighted by Gasteiger charge is -2.03. The third-order valence-electron chi connectivity index (χ3n) is 2.69. The molecular weight excluding hydrogens is 214 g/mol. The van der Waals surface area contributed by atoms with Crippen LogP contribution in [-0.4, -0.2) is 19.5 Å². The lowest BCUT2D eigenvalue weighted by atomic mass is 10.2. The topological polar surface area (TPSA) is 69.6 Å². The second kappa shape index (κ2) is 3.55. The number of rotatable bonds is 1. The zero-order valence-corrected chi connectivity index (χ0v) is 9.33. The molecule has 2 N–H and O–H groups in total. The van der Waals surface area contributed by atoms with Gasteiger partial charge in [0.1, 0.15) is 11.3 Å². The summed E-state index contributed by atoms with van der Waals surface area (Å²) < 4.78 is 1.93. The molecule has 3 aromatic rings. The highest BCUT2D eigenvalue weighted by molar-refractivity contribution is 5.77. The van der Waals surface area contributed by atoms with Gasteiger partial charge in [-0.15, -0.1) is 0 Å². The molecule has 84 valence electrons. The summed E-state index contributed by atoms with van der Waals surface area (Å²) in [5.74, 6) is 0.468. The number of aromatic nitrogens is 4. The van der Waals surface area contributed by atoms with E-state index in [2.05, 4.69) is 15.0 Å². The summed E-state index contributed by atoms with van der Waals surface area (Å²) in [6.07, 6.45) is 5.31. The highest BCUT2D eigenvalue weighted by Crippen LogP contribution is 2.22. The van der Waals surface area contributed by atoms with E-state index < -0.39 is 0 Å². The van der Waals surface area contributed by atoms with Crippen molar-refractivity contribution in [1.82, 2.24) is 19.5 Å². The van der Waals surface area contributed by atoms with Crippen molar-refractivity contribution >= 4 is 17.0 Å². The first-order valence-electron chi connectivity index (χ1n) is 5.24. The highest BCUT2D eigenvalue weighted by Gasteiger charge is 2.07. The molecule has 0 fully saturated rings. The van der Waals surface area contributed by atoms with Gasteiger partial charge in [-0.3, -0.25) is 4.98 Å². The van der Waals surface area contributed by atoms with Crippen LogP contribution in [0.15, 0.2) is 36.8 Å². The van der Waals surface area contributed by atoms with Gasteiger partial charge < -0.3 is 10.3 Å². The van der Waals surface area contributed by atoms with Crippen LogP contribution in [-0.2, 0) is 7.05 Å². The standard InChI is InChI=1S/C12H11N5/c1-17-6-4-9-12(17)16-10(7-15-9)8-3-2-5-14-11(8)13/h2-7H,1H3,(H2,13,14). The quantitative estimate of drug-likeness (QED) is 0.683. The fraction of sp³-hybridized carbons (Fsp3) is 0.0833. The number of aryl methyl sites for hydroxylation is 1. The van der Waals surface area contributed by atoms with Crippen molar-refractivity contribution in [1.29, 1.82) is 0 Å². The maximum absolute atomic E-state index is 5.82. The largest absolute Gasteiger partial charge is 0.383 e. The van der Waals surface area contributed by atoms with Crippen LogP contribution < -0.4 is 5.73 Å². The molecule has 5 heteroatoms. The van der Waals surface area contributed by atoms with E-state index in [-0.39, 0.29) is 0 Å². The van der Waals surface area contributed by atoms with Crippen molar-refractivity contribution in [2.75, 3.05) is 5.73 Å². The number of fused-ring (bicyclic) bond motifs is 1. The van der Waals surface area contributed by atoms with Crippen molar-refractivity contribution in [2.24, 2.45) is 7.05 Å². The van der Waals surface area contributed by atoms with Gasteiger partial charge in [0.2, 0.25) is 0 Å². The second-order valence-electron chi connectivity index (χ2n) is 3.83. The van der Waals surface area contributed by atoms with E-state index in [9.17, 15) is 0 Å². The molecule has 3 heterocycles. The number of nitrogen functional groups attached to an aromatic ring is 1. The smallest absolute Gasteiger partial charge is 0.159 e. The van der Waals surface area contributed by atoms with Gasteiger partial charge in [-0.25, -0.2) is 9.97 Å². The predicted molar refractivity (Wildman–Crippen MR) is 66.2 cm³/mol. The molecule has 3 rings (SSSR count). The van der Waals surface area contributed by atoms with Gasteiger partial charge >= 0.3 is 0 Å². The molecular formula is C12H11N5. The first-order valence-corrected chi connectivity index (χ1v) is 5.24. The van der Waals surface area contributed by atoms with Crippen LogP contribution in [0.5, 0.6) is 0 Å². The highest BCUT2D eigenvalue weighted by atomic mass is 15.0. The van der Waals surface area contributed by atoms with Crippen LogP contribution in [0.2, 0.25) is 0 Å². The number of pyridine rings is 1. The summed E-state index contributed by atoms with van der Waals surface area (Å²) in [6.45, 7) is 0. The number of hydrogen-bond donors (Lipinski definition) is 1. The molecule has 0 aliphatic heterocycles. The minimum atomic E-state index is 0.468. The van der Waals surface area contributed by atoms with E-state index in [1.54, 1.807) is 12.4 Å². The molecule has 0 amide bonds. The van der Waals surface area contributed by atoms with E-state index in [1.165, 1.54) is 0 Å². The molecule has 0 aliphatic rings. The maximum Gasteiger partial charge on any atom is 0.159 e. The fourth-order valence-corrected chi connectivity index (χ4v) is 1.78. The third-order valence-corrected chi connectivity index (χ3v) is 2.69. The Hall–Kier alpha value is -2.43. The van der Waals surface area contributed by atoms with Gasteiger partial charge in [0, 0.05) is 25.0 Å². The summed E-state index contributed by atoms with van der Waals surface area (Å²) in [7, 11) is 1.94. The SMILES string of the molecule is Cn1ccc2ncc(-c3cccnc3N)nc21. The van der Waals surface area contributed by atoms with Crippen LogP contribution in [0.4, 0.5) is 5.82 Å². The van der Waals surface area contributed by atoms with Crippen molar-refractivity contribution < 1.29 is 0 Å². The second-order valence-corrected chi connectivity index (χ2v) is 3.83. The van der Waals surface area contributed by atoms with Crippen molar-refractivity contribution in [3.8, 4) is 11.3 Å². The Kier molecular flexibility index (Phi) is 2.04. The Balaban J connectivity index is 2.24. The van der Waals surface area contributed by atoms with E-state index in [0.717, 1.165) is 22.4 Å². The molecule has 0 bridgehead atoms. The lowest BCUT2D eigenvalue weighted by Crippen LogP contribution is -1.97. The first-order chi connectivity index (χ1) is 8.25. The van der Waals surface area contributed by atoms with Gasteiger partial charge in [0.15, 0.2) is 5.65 Å². The molecule has 0 saturated heterocycles. The molecule has 5 nitrogen and oxygen atoms in total. The van der Waals surface area contributed by atoms with Crippen molar-refractivity contribution in [3.05, 3.63) is 36.8 Å². The van der Waals surface area contributed by atoms with Crippen LogP contribution >= 0.6 is 0 Å². The Morgan fingerprint density at radius 3 is 2.94 bits per heavy atom. The summed E-state index contributed by atoms with van der Waals surface area (Å²) in [5.41, 5.74) is 9.09. The monoisotopic (exact) mass is 225 g/mol. The van der Waals surface area contributed by atoms with Gasteiger partial charge in [0.25, 0.3) is 0 Å². The van der Waals surface area contributed by atoms with E-state index in [4.69, 9.17) is 5.73 Å². The summed E-state index contributed by atoms with van der Waals surface area (Å²) in [5, 5.41) is 0. The zero-order chi connectivity index (χ0) is 11.8. The summed E-state index contributed by atoms with van der Waals surface area (Å²) in [4.78, 5) is 12.9. The molecule has 0 unspecified atom stereocenters. The third kappa shape index (κ3) is 1.52. The number of nitrogens with zero attached hydrogens (tertiary/aromatic N) is 4. The predicted octanol–water partition coefficient (Wildman–Crippen LogP) is 1.61. The number of anilines is 1. The zero-order valence-electron chi connectivity index (χ0n) is 9.33. The van der Waals surface area contributed by atoms with Crippen molar-refractivity contribution in [2.45, 2.75) is 0 Å². The molecule has 3 aromatic heterocycles. The molecule has 0 aromatic carbocycles. The normalized spacial score (nSPS) is 10.9. The summed E-state index contributed by atoms with van der Waals surface area (Å²) in [6, 6.07) is 5.66. The Morgan fingerprint density at radius 1 is 1.24 bits per heavy atom. The number of hydrogen-bond acceptors (Lipinski definition) is 4. The first kappa shape index (κ1) is 9.77. The van der Waals surface area contributed by atoms with Crippen molar-refractivity contribution in [3.63, 3.8) is 0 Å². The fourth-order valence-electron chi connectivity index (χ4n) is 1.78. The van der Waals surface area contributed by atoms with Crippen LogP contribution in [0.25, 0.3) is 22.4 Å². The molecule has 0 aliphatic carbocycles. The average Bonchev–Trinajstić information content (AvgIpc) is 2.71. The average molecular weight is 225 g/mol. The maximum atomic E-state index is 5.82. The van der Waals surface area contributed by atoms with E-state index >= 15 is 0 Å². The van der Waals surface area contributed by atoms with E-state index in [1.807, 2.05) is 36.0 Å². The number of nitrogens with two attached hydrogens (primary N) is 1. The minimum Gasteiger partial charge on any atom is -0.383 e. The Labute approximate surface area is 98.0 Å². The van der Waals surface area contributed by atoms with Gasteiger partial charge in [0.05, 0.1) is 11.9 Å². The summed E-state index contributed by atoms with van der Waals surface area (Å²) >= 11 is 0. The van der Waals surface area contributed by atoms with Gasteiger partial charge in [-0.1, -0.05) is 0 Å². The van der Waals surface area contributed by atoms with Crippen LogP contribution in [0.3, 0.4) is 0 Å².